The lowest BCUT2D eigenvalue weighted by atomic mass is 9.92. The largest absolute Gasteiger partial charge is 0.460 e. The highest BCUT2D eigenvalue weighted by atomic mass is 19.4. The average molecular weight is 415 g/mol. The van der Waals surface area contributed by atoms with Crippen LogP contribution in [0.15, 0.2) is 18.3 Å². The van der Waals surface area contributed by atoms with Crippen LogP contribution in [0.25, 0.3) is 0 Å². The molecule has 0 aliphatic carbocycles. The van der Waals surface area contributed by atoms with E-state index < -0.39 is 53.4 Å². The maximum atomic E-state index is 13.5. The van der Waals surface area contributed by atoms with E-state index in [1.807, 2.05) is 0 Å². The van der Waals surface area contributed by atoms with Crippen LogP contribution in [-0.4, -0.2) is 34.9 Å². The van der Waals surface area contributed by atoms with Crippen LogP contribution < -0.4 is 0 Å². The number of alkyl halides is 13. The summed E-state index contributed by atoms with van der Waals surface area (Å²) >= 11 is 0. The Hall–Kier alpha value is -1.83. The summed E-state index contributed by atoms with van der Waals surface area (Å²) in [6, 6.07) is -0.383. The standard InChI is InChI=1S/C11H3F14N/c12-4-1-2-26-5(3-4)6(13,14)7(15,16)8(17,18)9(19,20)10(21,22)11(23,24)25/h1-3H. The maximum absolute atomic E-state index is 13.5. The summed E-state index contributed by atoms with van der Waals surface area (Å²) in [5.74, 6) is -39.6. The van der Waals surface area contributed by atoms with Gasteiger partial charge in [-0.2, -0.15) is 57.1 Å². The van der Waals surface area contributed by atoms with Gasteiger partial charge in [0, 0.05) is 12.3 Å². The Morgan fingerprint density at radius 3 is 1.42 bits per heavy atom. The summed E-state index contributed by atoms with van der Waals surface area (Å²) < 4.78 is 180. The van der Waals surface area contributed by atoms with Gasteiger partial charge >= 0.3 is 35.8 Å². The Kier molecular flexibility index (Phi) is 4.99. The van der Waals surface area contributed by atoms with Crippen molar-refractivity contribution in [2.75, 3.05) is 0 Å². The summed E-state index contributed by atoms with van der Waals surface area (Å²) in [5.41, 5.74) is -2.60. The molecule has 150 valence electrons. The zero-order valence-corrected chi connectivity index (χ0v) is 11.5. The molecule has 0 radical (unpaired) electrons. The van der Waals surface area contributed by atoms with Gasteiger partial charge in [-0.3, -0.25) is 4.98 Å². The van der Waals surface area contributed by atoms with Gasteiger partial charge in [0.05, 0.1) is 0 Å². The maximum Gasteiger partial charge on any atom is 0.460 e. The van der Waals surface area contributed by atoms with Gasteiger partial charge in [0.25, 0.3) is 0 Å². The Morgan fingerprint density at radius 2 is 1.04 bits per heavy atom. The van der Waals surface area contributed by atoms with Gasteiger partial charge < -0.3 is 0 Å². The van der Waals surface area contributed by atoms with Gasteiger partial charge in [0.15, 0.2) is 0 Å². The fraction of sp³-hybridized carbons (Fsp3) is 0.545. The second kappa shape index (κ2) is 5.84. The number of pyridine rings is 1. The quantitative estimate of drug-likeness (QED) is 0.586. The lowest BCUT2D eigenvalue weighted by molar-refractivity contribution is -0.442. The molecule has 26 heavy (non-hydrogen) atoms. The van der Waals surface area contributed by atoms with E-state index >= 15 is 0 Å². The lowest BCUT2D eigenvalue weighted by Crippen LogP contribution is -2.69. The van der Waals surface area contributed by atoms with Gasteiger partial charge in [0.2, 0.25) is 0 Å². The van der Waals surface area contributed by atoms with E-state index in [0.717, 1.165) is 0 Å². The lowest BCUT2D eigenvalue weighted by Gasteiger charge is -2.39. The fourth-order valence-electron chi connectivity index (χ4n) is 1.51. The molecular weight excluding hydrogens is 412 g/mol. The number of rotatable bonds is 5. The summed E-state index contributed by atoms with van der Waals surface area (Å²) in [5, 5.41) is 0. The minimum absolute atomic E-state index is 0.00919. The van der Waals surface area contributed by atoms with E-state index in [0.29, 0.717) is 0 Å². The first kappa shape index (κ1) is 22.2. The topological polar surface area (TPSA) is 12.9 Å². The molecule has 0 aromatic carbocycles. The Morgan fingerprint density at radius 1 is 0.615 bits per heavy atom. The van der Waals surface area contributed by atoms with E-state index in [9.17, 15) is 61.5 Å². The van der Waals surface area contributed by atoms with Crippen LogP contribution in [0.4, 0.5) is 61.5 Å². The van der Waals surface area contributed by atoms with E-state index in [1.54, 1.807) is 0 Å². The minimum Gasteiger partial charge on any atom is -0.254 e. The predicted molar refractivity (Wildman–Crippen MR) is 53.9 cm³/mol. The zero-order valence-electron chi connectivity index (χ0n) is 11.5. The number of hydrogen-bond donors (Lipinski definition) is 0. The molecule has 0 N–H and O–H groups in total. The highest BCUT2D eigenvalue weighted by Crippen LogP contribution is 2.61. The van der Waals surface area contributed by atoms with E-state index in [1.165, 1.54) is 0 Å². The van der Waals surface area contributed by atoms with Crippen LogP contribution in [0.1, 0.15) is 5.69 Å². The molecule has 0 saturated carbocycles. The molecule has 0 fully saturated rings. The molecule has 1 aromatic heterocycles. The van der Waals surface area contributed by atoms with Crippen molar-refractivity contribution in [2.45, 2.75) is 35.8 Å². The second-order valence-corrected chi connectivity index (χ2v) is 4.73. The Bertz CT molecular complexity index is 661. The summed E-state index contributed by atoms with van der Waals surface area (Å²) in [6.45, 7) is 0. The molecule has 0 atom stereocenters. The Labute approximate surface area is 133 Å². The molecule has 1 rings (SSSR count). The summed E-state index contributed by atoms with van der Waals surface area (Å²) in [7, 11) is 0. The molecule has 15 heteroatoms. The predicted octanol–water partition coefficient (Wildman–Crippen LogP) is 5.42. The zero-order chi connectivity index (χ0) is 21.0. The molecule has 0 aliphatic rings. The smallest absolute Gasteiger partial charge is 0.254 e. The Balaban J connectivity index is 3.58. The van der Waals surface area contributed by atoms with Crippen molar-refractivity contribution in [3.63, 3.8) is 0 Å². The molecule has 1 aromatic rings. The van der Waals surface area contributed by atoms with Crippen LogP contribution in [0.5, 0.6) is 0 Å². The van der Waals surface area contributed by atoms with Crippen LogP contribution in [0.2, 0.25) is 0 Å². The van der Waals surface area contributed by atoms with Crippen LogP contribution in [-0.2, 0) is 5.92 Å². The first-order valence-corrected chi connectivity index (χ1v) is 5.83. The average Bonchev–Trinajstić information content (AvgIpc) is 2.45. The van der Waals surface area contributed by atoms with Crippen molar-refractivity contribution in [3.05, 3.63) is 29.8 Å². The normalized spacial score (nSPS) is 15.3. The molecular formula is C11H3F14N. The van der Waals surface area contributed by atoms with Crippen molar-refractivity contribution in [1.82, 2.24) is 4.98 Å². The van der Waals surface area contributed by atoms with E-state index in [2.05, 4.69) is 4.98 Å². The van der Waals surface area contributed by atoms with Crippen LogP contribution in [0, 0.1) is 5.82 Å². The molecule has 0 amide bonds. The van der Waals surface area contributed by atoms with Crippen molar-refractivity contribution < 1.29 is 61.5 Å². The molecule has 1 nitrogen and oxygen atoms in total. The number of halogens is 14. The summed E-state index contributed by atoms with van der Waals surface area (Å²) in [4.78, 5) is 2.33. The SMILES string of the molecule is Fc1ccnc(C(F)(F)C(F)(F)C(F)(F)C(F)(F)C(F)(F)C(F)(F)F)c1. The highest BCUT2D eigenvalue weighted by Gasteiger charge is 2.91. The van der Waals surface area contributed by atoms with Crippen molar-refractivity contribution in [3.8, 4) is 0 Å². The van der Waals surface area contributed by atoms with Crippen molar-refractivity contribution in [2.24, 2.45) is 0 Å². The monoisotopic (exact) mass is 415 g/mol. The van der Waals surface area contributed by atoms with Gasteiger partial charge in [-0.25, -0.2) is 4.39 Å². The first-order valence-electron chi connectivity index (χ1n) is 5.83. The van der Waals surface area contributed by atoms with Gasteiger partial charge in [-0.15, -0.1) is 0 Å². The van der Waals surface area contributed by atoms with Gasteiger partial charge in [-0.1, -0.05) is 0 Å². The number of hydrogen-bond acceptors (Lipinski definition) is 1. The summed E-state index contributed by atoms with van der Waals surface area (Å²) in [6.07, 6.45) is -7.47. The van der Waals surface area contributed by atoms with E-state index in [4.69, 9.17) is 0 Å². The first-order chi connectivity index (χ1) is 11.2. The molecule has 0 saturated heterocycles. The number of aromatic nitrogens is 1. The third-order valence-electron chi connectivity index (χ3n) is 2.98. The van der Waals surface area contributed by atoms with Crippen LogP contribution >= 0.6 is 0 Å². The third-order valence-corrected chi connectivity index (χ3v) is 2.98. The molecule has 1 heterocycles. The van der Waals surface area contributed by atoms with Crippen LogP contribution in [0.3, 0.4) is 0 Å². The molecule has 0 unspecified atom stereocenters. The van der Waals surface area contributed by atoms with Gasteiger partial charge in [0.1, 0.15) is 11.5 Å². The third kappa shape index (κ3) is 2.84. The molecule has 0 bridgehead atoms. The minimum atomic E-state index is -8.00. The van der Waals surface area contributed by atoms with Crippen molar-refractivity contribution >= 4 is 0 Å². The molecule has 0 spiro atoms. The van der Waals surface area contributed by atoms with Crippen molar-refractivity contribution in [1.29, 1.82) is 0 Å². The second-order valence-electron chi connectivity index (χ2n) is 4.73. The van der Waals surface area contributed by atoms with Gasteiger partial charge in [-0.05, 0) is 6.07 Å². The van der Waals surface area contributed by atoms with E-state index in [-0.39, 0.29) is 12.3 Å². The number of nitrogens with zero attached hydrogens (tertiary/aromatic N) is 1. The fourth-order valence-corrected chi connectivity index (χ4v) is 1.51. The highest BCUT2D eigenvalue weighted by molar-refractivity contribution is 5.20. The molecule has 0 aliphatic heterocycles.